The molecular weight excluding hydrogens is 326 g/mol. The Kier molecular flexibility index (Phi) is 3.99. The van der Waals surface area contributed by atoms with Gasteiger partial charge in [-0.25, -0.2) is 0 Å². The maximum atomic E-state index is 12.7. The van der Waals surface area contributed by atoms with Gasteiger partial charge in [0.15, 0.2) is 0 Å². The molecule has 0 bridgehead atoms. The third-order valence-electron chi connectivity index (χ3n) is 5.09. The summed E-state index contributed by atoms with van der Waals surface area (Å²) >= 11 is 0. The summed E-state index contributed by atoms with van der Waals surface area (Å²) in [5.41, 5.74) is 4.57. The number of fused-ring (bicyclic) bond motifs is 1. The molecule has 0 spiro atoms. The van der Waals surface area contributed by atoms with Crippen LogP contribution in [-0.2, 0) is 4.79 Å². The van der Waals surface area contributed by atoms with Gasteiger partial charge in [0.2, 0.25) is 5.91 Å². The molecule has 2 aromatic carbocycles. The van der Waals surface area contributed by atoms with Crippen LogP contribution in [0, 0.1) is 19.8 Å². The average Bonchev–Trinajstić information content (AvgIpc) is 3.01. The Morgan fingerprint density at radius 2 is 1.73 bits per heavy atom. The Bertz CT molecular complexity index is 979. The maximum Gasteiger partial charge on any atom is 0.256 e. The topological polar surface area (TPSA) is 65.2 Å². The molecule has 1 aliphatic heterocycles. The molecule has 0 atom stereocenters. The number of aromatic nitrogens is 1. The van der Waals surface area contributed by atoms with Gasteiger partial charge in [-0.2, -0.15) is 0 Å². The van der Waals surface area contributed by atoms with E-state index in [0.717, 1.165) is 27.7 Å². The number of amides is 2. The third kappa shape index (κ3) is 2.75. The number of nitrogens with zero attached hydrogens (tertiary/aromatic N) is 1. The Hall–Kier alpha value is -3.08. The first kappa shape index (κ1) is 16.4. The van der Waals surface area contributed by atoms with Gasteiger partial charge in [0.25, 0.3) is 5.91 Å². The van der Waals surface area contributed by atoms with Gasteiger partial charge in [-0.05, 0) is 31.0 Å². The SMILES string of the molecule is Cc1cccc(C)c1NC(=O)C1CN(C(=O)c2c[nH]c3ccccc23)C1. The Morgan fingerprint density at radius 3 is 2.46 bits per heavy atom. The summed E-state index contributed by atoms with van der Waals surface area (Å²) in [6, 6.07) is 13.7. The molecule has 26 heavy (non-hydrogen) atoms. The summed E-state index contributed by atoms with van der Waals surface area (Å²) in [5.74, 6) is -0.216. The number of hydrogen-bond acceptors (Lipinski definition) is 2. The fourth-order valence-corrected chi connectivity index (χ4v) is 3.47. The van der Waals surface area contributed by atoms with E-state index in [9.17, 15) is 9.59 Å². The number of hydrogen-bond donors (Lipinski definition) is 2. The van der Waals surface area contributed by atoms with Crippen molar-refractivity contribution in [1.29, 1.82) is 0 Å². The van der Waals surface area contributed by atoms with Gasteiger partial charge in [0.05, 0.1) is 11.5 Å². The second-order valence-corrected chi connectivity index (χ2v) is 6.91. The molecule has 1 fully saturated rings. The van der Waals surface area contributed by atoms with E-state index in [1.165, 1.54) is 0 Å². The average molecular weight is 347 g/mol. The second kappa shape index (κ2) is 6.33. The van der Waals surface area contributed by atoms with E-state index in [1.807, 2.05) is 56.3 Å². The molecule has 2 heterocycles. The number of para-hydroxylation sites is 2. The van der Waals surface area contributed by atoms with Gasteiger partial charge in [0.1, 0.15) is 0 Å². The van der Waals surface area contributed by atoms with E-state index < -0.39 is 0 Å². The van der Waals surface area contributed by atoms with Crippen LogP contribution in [0.3, 0.4) is 0 Å². The molecule has 2 N–H and O–H groups in total. The number of anilines is 1. The number of aryl methyl sites for hydroxylation is 2. The minimum absolute atomic E-state index is 0.0228. The lowest BCUT2D eigenvalue weighted by molar-refractivity contribution is -0.123. The van der Waals surface area contributed by atoms with Gasteiger partial charge < -0.3 is 15.2 Å². The number of benzene rings is 2. The van der Waals surface area contributed by atoms with E-state index in [2.05, 4.69) is 10.3 Å². The van der Waals surface area contributed by atoms with E-state index in [0.29, 0.717) is 18.7 Å². The monoisotopic (exact) mass is 347 g/mol. The van der Waals surface area contributed by atoms with E-state index >= 15 is 0 Å². The molecule has 5 nitrogen and oxygen atoms in total. The zero-order chi connectivity index (χ0) is 18.3. The predicted molar refractivity (Wildman–Crippen MR) is 102 cm³/mol. The predicted octanol–water partition coefficient (Wildman–Crippen LogP) is 3.50. The number of carbonyl (C=O) groups is 2. The van der Waals surface area contributed by atoms with Crippen molar-refractivity contribution < 1.29 is 9.59 Å². The number of aromatic amines is 1. The zero-order valence-corrected chi connectivity index (χ0v) is 14.9. The summed E-state index contributed by atoms with van der Waals surface area (Å²) in [7, 11) is 0. The van der Waals surface area contributed by atoms with Crippen LogP contribution in [0.2, 0.25) is 0 Å². The first-order valence-corrected chi connectivity index (χ1v) is 8.77. The van der Waals surface area contributed by atoms with E-state index in [4.69, 9.17) is 0 Å². The van der Waals surface area contributed by atoms with E-state index in [-0.39, 0.29) is 17.7 Å². The van der Waals surface area contributed by atoms with Gasteiger partial charge in [-0.15, -0.1) is 0 Å². The maximum absolute atomic E-state index is 12.7. The summed E-state index contributed by atoms with van der Waals surface area (Å²) in [6.45, 7) is 4.87. The third-order valence-corrected chi connectivity index (χ3v) is 5.09. The first-order valence-electron chi connectivity index (χ1n) is 8.77. The summed E-state index contributed by atoms with van der Waals surface area (Å²) in [6.07, 6.45) is 1.75. The standard InChI is InChI=1S/C21H21N3O2/c1-13-6-5-7-14(2)19(13)23-20(25)15-11-24(12-15)21(26)17-10-22-18-9-4-3-8-16(17)18/h3-10,15,22H,11-12H2,1-2H3,(H,23,25). The molecule has 1 aromatic heterocycles. The van der Waals surface area contributed by atoms with Crippen LogP contribution in [0.1, 0.15) is 21.5 Å². The fourth-order valence-electron chi connectivity index (χ4n) is 3.47. The van der Waals surface area contributed by atoms with Crippen molar-refractivity contribution in [1.82, 2.24) is 9.88 Å². The smallest absolute Gasteiger partial charge is 0.256 e. The van der Waals surface area contributed by atoms with Crippen molar-refractivity contribution in [3.63, 3.8) is 0 Å². The highest BCUT2D eigenvalue weighted by molar-refractivity contribution is 6.07. The molecule has 4 rings (SSSR count). The van der Waals surface area contributed by atoms with Crippen molar-refractivity contribution >= 4 is 28.4 Å². The van der Waals surface area contributed by atoms with Crippen LogP contribution in [0.5, 0.6) is 0 Å². The van der Waals surface area contributed by atoms with Crippen LogP contribution in [0.25, 0.3) is 10.9 Å². The van der Waals surface area contributed by atoms with Crippen molar-refractivity contribution in [2.75, 3.05) is 18.4 Å². The number of likely N-dealkylation sites (tertiary alicyclic amines) is 1. The first-order chi connectivity index (χ1) is 12.5. The Balaban J connectivity index is 1.42. The molecular formula is C21H21N3O2. The van der Waals surface area contributed by atoms with Gasteiger partial charge >= 0.3 is 0 Å². The molecule has 0 unspecified atom stereocenters. The largest absolute Gasteiger partial charge is 0.360 e. The number of nitrogens with one attached hydrogen (secondary N) is 2. The highest BCUT2D eigenvalue weighted by Gasteiger charge is 2.36. The molecule has 2 amide bonds. The van der Waals surface area contributed by atoms with Crippen molar-refractivity contribution in [2.24, 2.45) is 5.92 Å². The normalized spacial score (nSPS) is 14.3. The highest BCUT2D eigenvalue weighted by atomic mass is 16.2. The summed E-state index contributed by atoms with van der Waals surface area (Å²) in [4.78, 5) is 30.1. The van der Waals surface area contributed by atoms with Gasteiger partial charge in [-0.1, -0.05) is 36.4 Å². The van der Waals surface area contributed by atoms with Gasteiger partial charge in [-0.3, -0.25) is 9.59 Å². The van der Waals surface area contributed by atoms with Crippen molar-refractivity contribution in [2.45, 2.75) is 13.8 Å². The molecule has 0 saturated carbocycles. The van der Waals surface area contributed by atoms with E-state index in [1.54, 1.807) is 11.1 Å². The van der Waals surface area contributed by atoms with Gasteiger partial charge in [0, 0.05) is 35.9 Å². The zero-order valence-electron chi connectivity index (χ0n) is 14.9. The Morgan fingerprint density at radius 1 is 1.04 bits per heavy atom. The second-order valence-electron chi connectivity index (χ2n) is 6.91. The molecule has 0 aliphatic carbocycles. The Labute approximate surface area is 152 Å². The van der Waals surface area contributed by atoms with Crippen molar-refractivity contribution in [3.8, 4) is 0 Å². The quantitative estimate of drug-likeness (QED) is 0.762. The molecule has 3 aromatic rings. The molecule has 132 valence electrons. The van der Waals surface area contributed by atoms with Crippen LogP contribution < -0.4 is 5.32 Å². The molecule has 5 heteroatoms. The lowest BCUT2D eigenvalue weighted by Crippen LogP contribution is -2.54. The lowest BCUT2D eigenvalue weighted by Gasteiger charge is -2.38. The summed E-state index contributed by atoms with van der Waals surface area (Å²) < 4.78 is 0. The number of carbonyl (C=O) groups excluding carboxylic acids is 2. The fraction of sp³-hybridized carbons (Fsp3) is 0.238. The number of H-pyrrole nitrogens is 1. The minimum Gasteiger partial charge on any atom is -0.360 e. The minimum atomic E-state index is -0.164. The van der Waals surface area contributed by atoms with Crippen LogP contribution in [-0.4, -0.2) is 34.8 Å². The molecule has 0 radical (unpaired) electrons. The summed E-state index contributed by atoms with van der Waals surface area (Å²) in [5, 5.41) is 3.94. The molecule has 1 aliphatic rings. The molecule has 1 saturated heterocycles. The lowest BCUT2D eigenvalue weighted by atomic mass is 9.97. The number of rotatable bonds is 3. The highest BCUT2D eigenvalue weighted by Crippen LogP contribution is 2.26. The van der Waals surface area contributed by atoms with Crippen LogP contribution in [0.15, 0.2) is 48.7 Å². The van der Waals surface area contributed by atoms with Crippen molar-refractivity contribution in [3.05, 3.63) is 65.4 Å². The van der Waals surface area contributed by atoms with Crippen LogP contribution >= 0.6 is 0 Å². The van der Waals surface area contributed by atoms with Crippen LogP contribution in [0.4, 0.5) is 5.69 Å².